The van der Waals surface area contributed by atoms with Crippen LogP contribution in [0.1, 0.15) is 6.92 Å². The van der Waals surface area contributed by atoms with Crippen LogP contribution < -0.4 is 10.6 Å². The van der Waals surface area contributed by atoms with Crippen LogP contribution in [0, 0.1) is 0 Å². The van der Waals surface area contributed by atoms with Gasteiger partial charge < -0.3 is 10.6 Å². The van der Waals surface area contributed by atoms with Gasteiger partial charge in [0.1, 0.15) is 0 Å². The third-order valence-electron chi connectivity index (χ3n) is 2.27. The third kappa shape index (κ3) is 2.90. The molecular weight excluding hydrogens is 216 g/mol. The lowest BCUT2D eigenvalue weighted by Gasteiger charge is -2.05. The Balaban J connectivity index is 2.06. The van der Waals surface area contributed by atoms with Crippen LogP contribution in [0.4, 0.5) is 5.95 Å². The van der Waals surface area contributed by atoms with E-state index in [9.17, 15) is 4.79 Å². The van der Waals surface area contributed by atoms with Gasteiger partial charge in [-0.05, 0) is 13.0 Å². The van der Waals surface area contributed by atoms with Crippen molar-refractivity contribution in [2.24, 2.45) is 0 Å². The smallest absolute Gasteiger partial charge is 0.239 e. The quantitative estimate of drug-likeness (QED) is 0.827. The van der Waals surface area contributed by atoms with Crippen molar-refractivity contribution in [2.75, 3.05) is 18.4 Å². The van der Waals surface area contributed by atoms with E-state index >= 15 is 0 Å². The van der Waals surface area contributed by atoms with Gasteiger partial charge in [0.25, 0.3) is 0 Å². The number of benzene rings is 1. The molecule has 0 saturated carbocycles. The van der Waals surface area contributed by atoms with E-state index in [1.54, 1.807) is 6.20 Å². The van der Waals surface area contributed by atoms with E-state index in [2.05, 4.69) is 20.6 Å². The Bertz CT molecular complexity index is 527. The van der Waals surface area contributed by atoms with Crippen molar-refractivity contribution < 1.29 is 4.79 Å². The molecule has 5 heteroatoms. The van der Waals surface area contributed by atoms with Gasteiger partial charge in [0.2, 0.25) is 11.9 Å². The Morgan fingerprint density at radius 2 is 2.18 bits per heavy atom. The minimum Gasteiger partial charge on any atom is -0.355 e. The molecule has 0 aliphatic rings. The van der Waals surface area contributed by atoms with Crippen LogP contribution in [0.2, 0.25) is 0 Å². The molecule has 2 aromatic rings. The van der Waals surface area contributed by atoms with Crippen LogP contribution >= 0.6 is 0 Å². The lowest BCUT2D eigenvalue weighted by molar-refractivity contribution is -0.119. The first-order chi connectivity index (χ1) is 8.29. The zero-order chi connectivity index (χ0) is 12.1. The second-order valence-electron chi connectivity index (χ2n) is 3.56. The van der Waals surface area contributed by atoms with E-state index in [4.69, 9.17) is 0 Å². The molecule has 1 amide bonds. The molecule has 0 radical (unpaired) electrons. The lowest BCUT2D eigenvalue weighted by atomic mass is 10.2. The molecule has 1 aromatic heterocycles. The molecule has 2 rings (SSSR count). The fraction of sp³-hybridized carbons (Fsp3) is 0.250. The number of hydrogen-bond donors (Lipinski definition) is 2. The molecular formula is C12H14N4O. The molecule has 0 saturated heterocycles. The number of anilines is 1. The van der Waals surface area contributed by atoms with Gasteiger partial charge in [-0.2, -0.15) is 0 Å². The Hall–Kier alpha value is -2.17. The number of amides is 1. The Kier molecular flexibility index (Phi) is 3.49. The van der Waals surface area contributed by atoms with E-state index in [1.807, 2.05) is 31.2 Å². The van der Waals surface area contributed by atoms with Gasteiger partial charge in [-0.1, -0.05) is 18.2 Å². The molecule has 5 nitrogen and oxygen atoms in total. The van der Waals surface area contributed by atoms with Gasteiger partial charge in [-0.25, -0.2) is 9.97 Å². The average Bonchev–Trinajstić information content (AvgIpc) is 2.36. The molecule has 88 valence electrons. The SMILES string of the molecule is CCNC(=O)CNc1ncc2ccccc2n1. The van der Waals surface area contributed by atoms with Gasteiger partial charge in [0.15, 0.2) is 0 Å². The first kappa shape index (κ1) is 11.3. The molecule has 2 N–H and O–H groups in total. The van der Waals surface area contributed by atoms with Crippen LogP contribution in [0.3, 0.4) is 0 Å². The number of rotatable bonds is 4. The number of nitrogens with one attached hydrogen (secondary N) is 2. The van der Waals surface area contributed by atoms with E-state index in [1.165, 1.54) is 0 Å². The molecule has 0 aliphatic heterocycles. The highest BCUT2D eigenvalue weighted by molar-refractivity contribution is 5.81. The standard InChI is InChI=1S/C12H14N4O/c1-2-13-11(17)8-15-12-14-7-9-5-3-4-6-10(9)16-12/h3-7H,2,8H2,1H3,(H,13,17)(H,14,15,16). The number of hydrogen-bond acceptors (Lipinski definition) is 4. The highest BCUT2D eigenvalue weighted by Crippen LogP contribution is 2.11. The van der Waals surface area contributed by atoms with Gasteiger partial charge in [0, 0.05) is 18.1 Å². The largest absolute Gasteiger partial charge is 0.355 e. The molecule has 0 bridgehead atoms. The van der Waals surface area contributed by atoms with Crippen LogP contribution in [0.25, 0.3) is 10.9 Å². The summed E-state index contributed by atoms with van der Waals surface area (Å²) in [5, 5.41) is 6.57. The van der Waals surface area contributed by atoms with E-state index < -0.39 is 0 Å². The molecule has 0 fully saturated rings. The van der Waals surface area contributed by atoms with E-state index in [0.717, 1.165) is 10.9 Å². The molecule has 17 heavy (non-hydrogen) atoms. The molecule has 1 heterocycles. The summed E-state index contributed by atoms with van der Waals surface area (Å²) in [6, 6.07) is 7.72. The van der Waals surface area contributed by atoms with Gasteiger partial charge in [-0.3, -0.25) is 4.79 Å². The number of para-hydroxylation sites is 1. The van der Waals surface area contributed by atoms with Crippen molar-refractivity contribution in [3.05, 3.63) is 30.5 Å². The molecule has 1 aromatic carbocycles. The zero-order valence-electron chi connectivity index (χ0n) is 9.60. The minimum atomic E-state index is -0.0655. The molecule has 0 spiro atoms. The van der Waals surface area contributed by atoms with Crippen molar-refractivity contribution >= 4 is 22.8 Å². The summed E-state index contributed by atoms with van der Waals surface area (Å²) in [5.74, 6) is 0.402. The van der Waals surface area contributed by atoms with E-state index in [0.29, 0.717) is 12.5 Å². The maximum atomic E-state index is 11.3. The monoisotopic (exact) mass is 230 g/mol. The maximum absolute atomic E-state index is 11.3. The number of nitrogens with zero attached hydrogens (tertiary/aromatic N) is 2. The van der Waals surface area contributed by atoms with E-state index in [-0.39, 0.29) is 12.5 Å². The highest BCUT2D eigenvalue weighted by Gasteiger charge is 2.02. The summed E-state index contributed by atoms with van der Waals surface area (Å²) < 4.78 is 0. The number of fused-ring (bicyclic) bond motifs is 1. The van der Waals surface area contributed by atoms with Crippen LogP contribution in [-0.4, -0.2) is 29.0 Å². The Labute approximate surface area is 99.3 Å². The predicted molar refractivity (Wildman–Crippen MR) is 66.7 cm³/mol. The highest BCUT2D eigenvalue weighted by atomic mass is 16.1. The molecule has 0 atom stereocenters. The average molecular weight is 230 g/mol. The van der Waals surface area contributed by atoms with Crippen molar-refractivity contribution in [2.45, 2.75) is 6.92 Å². The Morgan fingerprint density at radius 3 is 3.00 bits per heavy atom. The van der Waals surface area contributed by atoms with Crippen LogP contribution in [-0.2, 0) is 4.79 Å². The third-order valence-corrected chi connectivity index (χ3v) is 2.27. The first-order valence-electron chi connectivity index (χ1n) is 5.52. The summed E-state index contributed by atoms with van der Waals surface area (Å²) in [5.41, 5.74) is 0.862. The fourth-order valence-corrected chi connectivity index (χ4v) is 1.48. The summed E-state index contributed by atoms with van der Waals surface area (Å²) in [4.78, 5) is 19.7. The van der Waals surface area contributed by atoms with Crippen LogP contribution in [0.5, 0.6) is 0 Å². The fourth-order valence-electron chi connectivity index (χ4n) is 1.48. The maximum Gasteiger partial charge on any atom is 0.239 e. The Morgan fingerprint density at radius 1 is 1.35 bits per heavy atom. The van der Waals surface area contributed by atoms with Crippen molar-refractivity contribution in [3.63, 3.8) is 0 Å². The predicted octanol–water partition coefficient (Wildman–Crippen LogP) is 1.18. The van der Waals surface area contributed by atoms with Crippen molar-refractivity contribution in [1.29, 1.82) is 0 Å². The second kappa shape index (κ2) is 5.25. The second-order valence-corrected chi connectivity index (χ2v) is 3.56. The lowest BCUT2D eigenvalue weighted by Crippen LogP contribution is -2.29. The number of carbonyl (C=O) groups excluding carboxylic acids is 1. The molecule has 0 aliphatic carbocycles. The summed E-state index contributed by atoms with van der Waals surface area (Å²) in [6.45, 7) is 2.69. The van der Waals surface area contributed by atoms with Gasteiger partial charge in [-0.15, -0.1) is 0 Å². The summed E-state index contributed by atoms with van der Waals surface area (Å²) >= 11 is 0. The van der Waals surface area contributed by atoms with Crippen molar-refractivity contribution in [3.8, 4) is 0 Å². The normalized spacial score (nSPS) is 10.2. The van der Waals surface area contributed by atoms with Crippen LogP contribution in [0.15, 0.2) is 30.5 Å². The number of aromatic nitrogens is 2. The summed E-state index contributed by atoms with van der Waals surface area (Å²) in [7, 11) is 0. The topological polar surface area (TPSA) is 66.9 Å². The minimum absolute atomic E-state index is 0.0655. The van der Waals surface area contributed by atoms with Gasteiger partial charge >= 0.3 is 0 Å². The number of carbonyl (C=O) groups is 1. The number of likely N-dealkylation sites (N-methyl/N-ethyl adjacent to an activating group) is 1. The van der Waals surface area contributed by atoms with Crippen molar-refractivity contribution in [1.82, 2.24) is 15.3 Å². The zero-order valence-corrected chi connectivity index (χ0v) is 9.60. The summed E-state index contributed by atoms with van der Waals surface area (Å²) in [6.07, 6.45) is 1.74. The first-order valence-corrected chi connectivity index (χ1v) is 5.52. The molecule has 0 unspecified atom stereocenters. The van der Waals surface area contributed by atoms with Gasteiger partial charge in [0.05, 0.1) is 12.1 Å².